The lowest BCUT2D eigenvalue weighted by Gasteiger charge is -2.32. The minimum atomic E-state index is -3.90. The second kappa shape index (κ2) is 6.09. The number of ether oxygens (including phenoxy) is 1. The zero-order valence-electron chi connectivity index (χ0n) is 12.5. The van der Waals surface area contributed by atoms with Gasteiger partial charge in [0.25, 0.3) is 5.91 Å². The lowest BCUT2D eigenvalue weighted by molar-refractivity contribution is -0.146. The average molecular weight is 329 g/mol. The molecule has 1 saturated heterocycles. The normalized spacial score (nSPS) is 19.8. The number of hydrogen-bond donors (Lipinski definition) is 1. The van der Waals surface area contributed by atoms with Crippen molar-refractivity contribution in [3.63, 3.8) is 0 Å². The number of esters is 1. The van der Waals surface area contributed by atoms with E-state index in [0.29, 0.717) is 12.8 Å². The van der Waals surface area contributed by atoms with Crippen molar-refractivity contribution in [2.24, 2.45) is 12.8 Å². The predicted molar refractivity (Wildman–Crippen MR) is 77.5 cm³/mol. The summed E-state index contributed by atoms with van der Waals surface area (Å²) in [6, 6.07) is 0.390. The number of rotatable bonds is 4. The second-order valence-corrected chi connectivity index (χ2v) is 7.08. The van der Waals surface area contributed by atoms with Crippen LogP contribution >= 0.6 is 0 Å². The van der Waals surface area contributed by atoms with Crippen LogP contribution < -0.4 is 5.73 Å². The Hall–Kier alpha value is -1.87. The molecule has 8 nitrogen and oxygen atoms in total. The highest BCUT2D eigenvalue weighted by atomic mass is 32.2. The molecular formula is C13H19N3O5S. The summed E-state index contributed by atoms with van der Waals surface area (Å²) in [5.74, 6) is -1.29. The van der Waals surface area contributed by atoms with E-state index in [1.807, 2.05) is 0 Å². The van der Waals surface area contributed by atoms with E-state index < -0.39 is 27.9 Å². The van der Waals surface area contributed by atoms with E-state index in [4.69, 9.17) is 10.5 Å². The first-order valence-corrected chi connectivity index (χ1v) is 8.29. The Labute approximate surface area is 128 Å². The van der Waals surface area contributed by atoms with E-state index >= 15 is 0 Å². The SMILES string of the molecule is COC(=O)[C@@H]1CCCCN1S(=O)(=O)c1cc(C(N)=O)n(C)c1. The third-order valence-electron chi connectivity index (χ3n) is 3.77. The van der Waals surface area contributed by atoms with E-state index in [0.717, 1.165) is 10.7 Å². The van der Waals surface area contributed by atoms with Crippen LogP contribution in [0, 0.1) is 0 Å². The third kappa shape index (κ3) is 2.86. The van der Waals surface area contributed by atoms with E-state index in [1.165, 1.54) is 31.0 Å². The van der Waals surface area contributed by atoms with Gasteiger partial charge in [0.15, 0.2) is 0 Å². The van der Waals surface area contributed by atoms with Crippen LogP contribution in [0.5, 0.6) is 0 Å². The van der Waals surface area contributed by atoms with Gasteiger partial charge in [0.05, 0.1) is 7.11 Å². The molecule has 0 aliphatic carbocycles. The molecule has 0 aromatic carbocycles. The van der Waals surface area contributed by atoms with Crippen molar-refractivity contribution in [1.82, 2.24) is 8.87 Å². The van der Waals surface area contributed by atoms with Crippen LogP contribution in [0.15, 0.2) is 17.2 Å². The molecular weight excluding hydrogens is 310 g/mol. The number of piperidine rings is 1. The number of aryl methyl sites for hydroxylation is 1. The summed E-state index contributed by atoms with van der Waals surface area (Å²) in [5.41, 5.74) is 5.29. The number of carbonyl (C=O) groups is 2. The van der Waals surface area contributed by atoms with Gasteiger partial charge in [-0.1, -0.05) is 0 Å². The summed E-state index contributed by atoms with van der Waals surface area (Å²) in [6.45, 7) is 0.239. The summed E-state index contributed by atoms with van der Waals surface area (Å²) in [7, 11) is -1.13. The molecule has 1 aromatic heterocycles. The lowest BCUT2D eigenvalue weighted by Crippen LogP contribution is -2.48. The molecule has 2 rings (SSSR count). The zero-order valence-corrected chi connectivity index (χ0v) is 13.3. The topological polar surface area (TPSA) is 112 Å². The second-order valence-electron chi connectivity index (χ2n) is 5.19. The number of nitrogens with two attached hydrogens (primary N) is 1. The molecule has 1 aliphatic heterocycles. The highest BCUT2D eigenvalue weighted by Crippen LogP contribution is 2.27. The summed E-state index contributed by atoms with van der Waals surface area (Å²) < 4.78 is 32.7. The van der Waals surface area contributed by atoms with Gasteiger partial charge in [0.1, 0.15) is 16.6 Å². The van der Waals surface area contributed by atoms with Crippen molar-refractivity contribution < 1.29 is 22.7 Å². The summed E-state index contributed by atoms with van der Waals surface area (Å²) in [4.78, 5) is 23.0. The standard InChI is InChI=1S/C13H19N3O5S/c1-15-8-9(7-11(15)12(14)17)22(19,20)16-6-4-3-5-10(16)13(18)21-2/h7-8,10H,3-6H2,1-2H3,(H2,14,17)/t10-/m0/s1. The molecule has 0 saturated carbocycles. The van der Waals surface area contributed by atoms with Crippen LogP contribution in [-0.4, -0.2) is 48.9 Å². The van der Waals surface area contributed by atoms with Gasteiger partial charge >= 0.3 is 5.97 Å². The molecule has 0 radical (unpaired) electrons. The molecule has 1 aromatic rings. The van der Waals surface area contributed by atoms with Crippen molar-refractivity contribution in [2.45, 2.75) is 30.2 Å². The smallest absolute Gasteiger partial charge is 0.324 e. The van der Waals surface area contributed by atoms with Gasteiger partial charge in [-0.3, -0.25) is 9.59 Å². The van der Waals surface area contributed by atoms with Crippen LogP contribution in [0.4, 0.5) is 0 Å². The number of methoxy groups -OCH3 is 1. The van der Waals surface area contributed by atoms with Gasteiger partial charge in [-0.2, -0.15) is 4.31 Å². The maximum absolute atomic E-state index is 12.8. The van der Waals surface area contributed by atoms with Crippen LogP contribution in [0.25, 0.3) is 0 Å². The molecule has 9 heteroatoms. The fourth-order valence-electron chi connectivity index (χ4n) is 2.62. The highest BCUT2D eigenvalue weighted by molar-refractivity contribution is 7.89. The van der Waals surface area contributed by atoms with Crippen molar-refractivity contribution in [2.75, 3.05) is 13.7 Å². The Morgan fingerprint density at radius 3 is 2.59 bits per heavy atom. The molecule has 1 amide bonds. The molecule has 0 bridgehead atoms. The van der Waals surface area contributed by atoms with E-state index in [2.05, 4.69) is 0 Å². The molecule has 0 spiro atoms. The number of amides is 1. The fraction of sp³-hybridized carbons (Fsp3) is 0.538. The Morgan fingerprint density at radius 1 is 1.36 bits per heavy atom. The Morgan fingerprint density at radius 2 is 2.05 bits per heavy atom. The molecule has 122 valence electrons. The number of hydrogen-bond acceptors (Lipinski definition) is 5. The number of aromatic nitrogens is 1. The van der Waals surface area contributed by atoms with Crippen molar-refractivity contribution in [3.05, 3.63) is 18.0 Å². The van der Waals surface area contributed by atoms with Gasteiger partial charge in [0, 0.05) is 19.8 Å². The largest absolute Gasteiger partial charge is 0.468 e. The van der Waals surface area contributed by atoms with E-state index in [1.54, 1.807) is 0 Å². The molecule has 2 N–H and O–H groups in total. The van der Waals surface area contributed by atoms with Gasteiger partial charge in [-0.15, -0.1) is 0 Å². The number of primary amides is 1. The Balaban J connectivity index is 2.41. The highest BCUT2D eigenvalue weighted by Gasteiger charge is 2.39. The van der Waals surface area contributed by atoms with Crippen LogP contribution in [-0.2, 0) is 26.6 Å². The fourth-order valence-corrected chi connectivity index (χ4v) is 4.34. The average Bonchev–Trinajstić information content (AvgIpc) is 2.89. The van der Waals surface area contributed by atoms with Gasteiger partial charge in [-0.25, -0.2) is 8.42 Å². The molecule has 1 aliphatic rings. The van der Waals surface area contributed by atoms with Crippen LogP contribution in [0.2, 0.25) is 0 Å². The summed E-state index contributed by atoms with van der Waals surface area (Å²) >= 11 is 0. The molecule has 1 fully saturated rings. The maximum atomic E-state index is 12.8. The van der Waals surface area contributed by atoms with Gasteiger partial charge in [-0.05, 0) is 25.3 Å². The van der Waals surface area contributed by atoms with E-state index in [9.17, 15) is 18.0 Å². The van der Waals surface area contributed by atoms with Crippen molar-refractivity contribution in [1.29, 1.82) is 0 Å². The molecule has 1 atom stereocenters. The van der Waals surface area contributed by atoms with Gasteiger partial charge in [0.2, 0.25) is 10.0 Å². The molecule has 22 heavy (non-hydrogen) atoms. The van der Waals surface area contributed by atoms with Crippen molar-refractivity contribution >= 4 is 21.9 Å². The first-order chi connectivity index (χ1) is 10.3. The monoisotopic (exact) mass is 329 g/mol. The first kappa shape index (κ1) is 16.5. The zero-order chi connectivity index (χ0) is 16.5. The van der Waals surface area contributed by atoms with Crippen LogP contribution in [0.1, 0.15) is 29.8 Å². The maximum Gasteiger partial charge on any atom is 0.324 e. The Kier molecular flexibility index (Phi) is 4.57. The van der Waals surface area contributed by atoms with Crippen LogP contribution in [0.3, 0.4) is 0 Å². The quantitative estimate of drug-likeness (QED) is 0.772. The third-order valence-corrected chi connectivity index (χ3v) is 5.64. The minimum absolute atomic E-state index is 0.0559. The lowest BCUT2D eigenvalue weighted by atomic mass is 10.1. The minimum Gasteiger partial charge on any atom is -0.468 e. The molecule has 0 unspecified atom stereocenters. The number of sulfonamides is 1. The van der Waals surface area contributed by atoms with Gasteiger partial charge < -0.3 is 15.0 Å². The Bertz CT molecular complexity index is 695. The number of nitrogens with zero attached hydrogens (tertiary/aromatic N) is 2. The molecule has 2 heterocycles. The number of carbonyl (C=O) groups excluding carboxylic acids is 2. The summed E-state index contributed by atoms with van der Waals surface area (Å²) in [6.07, 6.45) is 3.16. The predicted octanol–water partition coefficient (Wildman–Crippen LogP) is -0.160. The van der Waals surface area contributed by atoms with E-state index in [-0.39, 0.29) is 17.1 Å². The van der Waals surface area contributed by atoms with Crippen molar-refractivity contribution in [3.8, 4) is 0 Å². The first-order valence-electron chi connectivity index (χ1n) is 6.85. The summed E-state index contributed by atoms with van der Waals surface area (Å²) in [5, 5.41) is 0.